The molecule has 0 saturated heterocycles. The highest BCUT2D eigenvalue weighted by molar-refractivity contribution is 5.62. The number of unbranched alkanes of at least 4 members (excludes halogenated alkanes) is 12. The van der Waals surface area contributed by atoms with E-state index in [4.69, 9.17) is 15.6 Å². The molecule has 23 heavy (non-hydrogen) atoms. The number of allylic oxidation sites excluding steroid dienone is 2. The summed E-state index contributed by atoms with van der Waals surface area (Å²) >= 11 is 0. The Labute approximate surface area is 144 Å². The smallest absolute Gasteiger partial charge is 0.300 e. The number of hydrogen-bond donors (Lipinski definition) is 2. The Hall–Kier alpha value is -0.830. The molecule has 0 unspecified atom stereocenters. The van der Waals surface area contributed by atoms with Gasteiger partial charge >= 0.3 is 0 Å². The topological polar surface area (TPSA) is 63.3 Å². The Morgan fingerprint density at radius 2 is 1.13 bits per heavy atom. The van der Waals surface area contributed by atoms with Crippen LogP contribution in [0.2, 0.25) is 0 Å². The number of nitrogens with two attached hydrogens (primary N) is 1. The van der Waals surface area contributed by atoms with E-state index < -0.39 is 5.97 Å². The Bertz CT molecular complexity index is 248. The largest absolute Gasteiger partial charge is 0.481 e. The fraction of sp³-hybridized carbons (Fsp3) is 0.850. The van der Waals surface area contributed by atoms with Crippen molar-refractivity contribution >= 4 is 5.97 Å². The fourth-order valence-electron chi connectivity index (χ4n) is 2.39. The summed E-state index contributed by atoms with van der Waals surface area (Å²) in [5.41, 5.74) is 5.47. The van der Waals surface area contributed by atoms with E-state index in [0.29, 0.717) is 0 Å². The zero-order valence-electron chi connectivity index (χ0n) is 15.7. The van der Waals surface area contributed by atoms with Gasteiger partial charge in [0, 0.05) is 6.92 Å². The highest BCUT2D eigenvalue weighted by atomic mass is 16.4. The first-order chi connectivity index (χ1) is 11.1. The molecule has 3 N–H and O–H groups in total. The van der Waals surface area contributed by atoms with Gasteiger partial charge in [0.05, 0.1) is 0 Å². The molecule has 0 atom stereocenters. The van der Waals surface area contributed by atoms with Gasteiger partial charge in [0.2, 0.25) is 0 Å². The average Bonchev–Trinajstić information content (AvgIpc) is 2.50. The first-order valence-corrected chi connectivity index (χ1v) is 9.69. The lowest BCUT2D eigenvalue weighted by Crippen LogP contribution is -1.97. The summed E-state index contributed by atoms with van der Waals surface area (Å²) in [5.74, 6) is -0.833. The van der Waals surface area contributed by atoms with Gasteiger partial charge in [-0.2, -0.15) is 0 Å². The minimum atomic E-state index is -0.833. The summed E-state index contributed by atoms with van der Waals surface area (Å²) in [4.78, 5) is 9.00. The Morgan fingerprint density at radius 1 is 0.783 bits per heavy atom. The second kappa shape index (κ2) is 23.4. The predicted octanol–water partition coefficient (Wildman–Crippen LogP) is 6.07. The Balaban J connectivity index is 0. The molecule has 0 aromatic heterocycles. The molecule has 0 rings (SSSR count). The molecule has 0 bridgehead atoms. The number of aliphatic carboxylic acids is 1. The van der Waals surface area contributed by atoms with Gasteiger partial charge in [-0.05, 0) is 38.6 Å². The lowest BCUT2D eigenvalue weighted by Gasteiger charge is -1.99. The monoisotopic (exact) mass is 327 g/mol. The maximum Gasteiger partial charge on any atom is 0.300 e. The van der Waals surface area contributed by atoms with Crippen molar-refractivity contribution in [3.05, 3.63) is 12.2 Å². The molecule has 0 amide bonds. The summed E-state index contributed by atoms with van der Waals surface area (Å²) in [6.45, 7) is 4.22. The van der Waals surface area contributed by atoms with Crippen molar-refractivity contribution in [3.63, 3.8) is 0 Å². The van der Waals surface area contributed by atoms with Gasteiger partial charge in [0.1, 0.15) is 0 Å². The van der Waals surface area contributed by atoms with Crippen LogP contribution in [0.4, 0.5) is 0 Å². The van der Waals surface area contributed by atoms with Crippen molar-refractivity contribution in [2.75, 3.05) is 6.54 Å². The van der Waals surface area contributed by atoms with Crippen LogP contribution in [0.25, 0.3) is 0 Å². The van der Waals surface area contributed by atoms with Crippen molar-refractivity contribution in [1.82, 2.24) is 0 Å². The molecule has 0 aliphatic rings. The van der Waals surface area contributed by atoms with Crippen molar-refractivity contribution in [2.45, 2.75) is 104 Å². The van der Waals surface area contributed by atoms with Crippen LogP contribution in [0.5, 0.6) is 0 Å². The summed E-state index contributed by atoms with van der Waals surface area (Å²) in [6.07, 6.45) is 23.9. The van der Waals surface area contributed by atoms with Gasteiger partial charge in [0.15, 0.2) is 0 Å². The predicted molar refractivity (Wildman–Crippen MR) is 102 cm³/mol. The van der Waals surface area contributed by atoms with E-state index in [2.05, 4.69) is 19.1 Å². The van der Waals surface area contributed by atoms with Gasteiger partial charge in [-0.1, -0.05) is 76.9 Å². The molecule has 0 aromatic rings. The molecule has 0 aliphatic carbocycles. The normalized spacial score (nSPS) is 10.6. The van der Waals surface area contributed by atoms with Crippen LogP contribution in [0.15, 0.2) is 12.2 Å². The third kappa shape index (κ3) is 33.8. The standard InChI is InChI=1S/C18H37N.C2H4O2/c1-2-3-4-5-6-7-8-9-10-11-12-13-14-15-16-17-18-19;1-2(3)4/h9-10H,2-8,11-19H2,1H3;1H3,(H,3,4). The van der Waals surface area contributed by atoms with E-state index in [1.165, 1.54) is 89.9 Å². The van der Waals surface area contributed by atoms with E-state index >= 15 is 0 Å². The highest BCUT2D eigenvalue weighted by Gasteiger charge is 1.90. The molecule has 3 heteroatoms. The van der Waals surface area contributed by atoms with Gasteiger partial charge in [-0.3, -0.25) is 4.79 Å². The molecule has 0 spiro atoms. The Kier molecular flexibility index (Phi) is 24.9. The number of rotatable bonds is 15. The summed E-state index contributed by atoms with van der Waals surface area (Å²) < 4.78 is 0. The maximum atomic E-state index is 9.00. The number of carboxylic acids is 1. The first kappa shape index (κ1) is 24.4. The second-order valence-electron chi connectivity index (χ2n) is 6.25. The van der Waals surface area contributed by atoms with Crippen LogP contribution in [0.3, 0.4) is 0 Å². The zero-order valence-corrected chi connectivity index (χ0v) is 15.7. The van der Waals surface area contributed by atoms with Gasteiger partial charge < -0.3 is 10.8 Å². The summed E-state index contributed by atoms with van der Waals surface area (Å²) in [5, 5.41) is 7.42. The Morgan fingerprint density at radius 3 is 1.52 bits per heavy atom. The highest BCUT2D eigenvalue weighted by Crippen LogP contribution is 2.09. The number of hydrogen-bond acceptors (Lipinski definition) is 2. The molecule has 0 fully saturated rings. The van der Waals surface area contributed by atoms with Crippen LogP contribution in [0.1, 0.15) is 104 Å². The van der Waals surface area contributed by atoms with Crippen LogP contribution in [-0.4, -0.2) is 17.6 Å². The molecular formula is C20H41NO2. The quantitative estimate of drug-likeness (QED) is 0.283. The summed E-state index contributed by atoms with van der Waals surface area (Å²) in [7, 11) is 0. The molecule has 0 heterocycles. The molecule has 0 radical (unpaired) electrons. The average molecular weight is 328 g/mol. The van der Waals surface area contributed by atoms with Crippen molar-refractivity contribution in [2.24, 2.45) is 5.73 Å². The first-order valence-electron chi connectivity index (χ1n) is 9.69. The van der Waals surface area contributed by atoms with Crippen molar-refractivity contribution in [1.29, 1.82) is 0 Å². The van der Waals surface area contributed by atoms with Crippen LogP contribution < -0.4 is 5.73 Å². The van der Waals surface area contributed by atoms with E-state index in [9.17, 15) is 0 Å². The fourth-order valence-corrected chi connectivity index (χ4v) is 2.39. The molecule has 138 valence electrons. The van der Waals surface area contributed by atoms with Gasteiger partial charge in [0.25, 0.3) is 5.97 Å². The van der Waals surface area contributed by atoms with E-state index in [-0.39, 0.29) is 0 Å². The third-order valence-electron chi connectivity index (χ3n) is 3.72. The van der Waals surface area contributed by atoms with E-state index in [1.807, 2.05) is 0 Å². The minimum absolute atomic E-state index is 0.833. The lowest BCUT2D eigenvalue weighted by atomic mass is 10.1. The minimum Gasteiger partial charge on any atom is -0.481 e. The van der Waals surface area contributed by atoms with Gasteiger partial charge in [-0.25, -0.2) is 0 Å². The molecule has 0 saturated carbocycles. The van der Waals surface area contributed by atoms with E-state index in [1.54, 1.807) is 0 Å². The molecule has 0 aromatic carbocycles. The van der Waals surface area contributed by atoms with Crippen LogP contribution >= 0.6 is 0 Å². The lowest BCUT2D eigenvalue weighted by molar-refractivity contribution is -0.134. The number of carbonyl (C=O) groups is 1. The zero-order chi connectivity index (χ0) is 17.6. The maximum absolute atomic E-state index is 9.00. The third-order valence-corrected chi connectivity index (χ3v) is 3.72. The SMILES string of the molecule is CC(=O)O.CCCCCCCCC=CCCCCCCCCN. The van der Waals surface area contributed by atoms with Crippen molar-refractivity contribution < 1.29 is 9.90 Å². The van der Waals surface area contributed by atoms with Crippen LogP contribution in [0, 0.1) is 0 Å². The van der Waals surface area contributed by atoms with Crippen molar-refractivity contribution in [3.8, 4) is 0 Å². The second-order valence-corrected chi connectivity index (χ2v) is 6.25. The molecular weight excluding hydrogens is 286 g/mol. The van der Waals surface area contributed by atoms with E-state index in [0.717, 1.165) is 13.5 Å². The summed E-state index contributed by atoms with van der Waals surface area (Å²) in [6, 6.07) is 0. The molecule has 3 nitrogen and oxygen atoms in total. The van der Waals surface area contributed by atoms with Gasteiger partial charge in [-0.15, -0.1) is 0 Å². The van der Waals surface area contributed by atoms with Crippen LogP contribution in [-0.2, 0) is 4.79 Å². The molecule has 0 aliphatic heterocycles. The number of carboxylic acid groups (broad SMARTS) is 1.